The minimum atomic E-state index is -0.274. The lowest BCUT2D eigenvalue weighted by atomic mass is 10.1. The van der Waals surface area contributed by atoms with Crippen LogP contribution in [0.3, 0.4) is 0 Å². The summed E-state index contributed by atoms with van der Waals surface area (Å²) in [5.41, 5.74) is 3.11. The molecule has 0 saturated heterocycles. The van der Waals surface area contributed by atoms with Gasteiger partial charge in [-0.25, -0.2) is 4.68 Å². The number of para-hydroxylation sites is 1. The molecule has 33 heavy (non-hydrogen) atoms. The second-order valence-electron chi connectivity index (χ2n) is 7.67. The molecule has 6 nitrogen and oxygen atoms in total. The van der Waals surface area contributed by atoms with E-state index < -0.39 is 0 Å². The van der Waals surface area contributed by atoms with E-state index in [1.807, 2.05) is 91.9 Å². The van der Waals surface area contributed by atoms with Gasteiger partial charge in [-0.1, -0.05) is 73.7 Å². The highest BCUT2D eigenvalue weighted by Crippen LogP contribution is 2.24. The topological polar surface area (TPSA) is 67.2 Å². The van der Waals surface area contributed by atoms with Gasteiger partial charge >= 0.3 is 0 Å². The van der Waals surface area contributed by atoms with Crippen LogP contribution in [0.4, 0.5) is 5.82 Å². The average Bonchev–Trinajstić information content (AvgIpc) is 3.28. The fraction of sp³-hybridized carbons (Fsp3) is 0.148. The van der Waals surface area contributed by atoms with Crippen molar-refractivity contribution < 1.29 is 9.59 Å². The van der Waals surface area contributed by atoms with Crippen LogP contribution in [0, 0.1) is 0 Å². The molecule has 0 aliphatic carbocycles. The average molecular weight is 439 g/mol. The summed E-state index contributed by atoms with van der Waals surface area (Å²) in [6, 6.07) is 30.3. The number of benzene rings is 3. The number of anilines is 1. The van der Waals surface area contributed by atoms with Crippen LogP contribution in [0.5, 0.6) is 0 Å². The molecule has 6 heteroatoms. The van der Waals surface area contributed by atoms with Gasteiger partial charge in [-0.15, -0.1) is 0 Å². The monoisotopic (exact) mass is 438 g/mol. The molecule has 1 aromatic heterocycles. The Bertz CT molecular complexity index is 1200. The number of rotatable bonds is 8. The predicted molar refractivity (Wildman–Crippen MR) is 130 cm³/mol. The lowest BCUT2D eigenvalue weighted by Gasteiger charge is -2.21. The maximum absolute atomic E-state index is 13.0. The van der Waals surface area contributed by atoms with Gasteiger partial charge in [-0.3, -0.25) is 9.59 Å². The molecule has 3 aromatic carbocycles. The summed E-state index contributed by atoms with van der Waals surface area (Å²) in [6.45, 7) is 2.44. The van der Waals surface area contributed by atoms with E-state index in [2.05, 4.69) is 5.32 Å². The summed E-state index contributed by atoms with van der Waals surface area (Å²) in [4.78, 5) is 27.5. The lowest BCUT2D eigenvalue weighted by Crippen LogP contribution is -2.38. The van der Waals surface area contributed by atoms with Gasteiger partial charge in [0.25, 0.3) is 5.91 Å². The van der Waals surface area contributed by atoms with E-state index in [0.29, 0.717) is 17.9 Å². The van der Waals surface area contributed by atoms with Crippen molar-refractivity contribution in [2.75, 3.05) is 18.4 Å². The van der Waals surface area contributed by atoms with Gasteiger partial charge in [-0.2, -0.15) is 5.10 Å². The number of aromatic nitrogens is 2. The molecular formula is C27H26N4O2. The molecule has 0 aliphatic heterocycles. The van der Waals surface area contributed by atoms with Crippen molar-refractivity contribution in [3.8, 4) is 16.9 Å². The summed E-state index contributed by atoms with van der Waals surface area (Å²) < 4.78 is 1.71. The van der Waals surface area contributed by atoms with Crippen LogP contribution in [0.15, 0.2) is 97.1 Å². The summed E-state index contributed by atoms with van der Waals surface area (Å²) >= 11 is 0. The first-order valence-electron chi connectivity index (χ1n) is 11.0. The van der Waals surface area contributed by atoms with Crippen LogP contribution in [-0.4, -0.2) is 39.6 Å². The summed E-state index contributed by atoms with van der Waals surface area (Å²) in [7, 11) is 0. The Morgan fingerprint density at radius 3 is 2.12 bits per heavy atom. The van der Waals surface area contributed by atoms with E-state index >= 15 is 0 Å². The number of amides is 2. The van der Waals surface area contributed by atoms with E-state index in [1.54, 1.807) is 21.7 Å². The van der Waals surface area contributed by atoms with Crippen molar-refractivity contribution in [1.29, 1.82) is 0 Å². The highest BCUT2D eigenvalue weighted by Gasteiger charge is 2.20. The molecule has 0 bridgehead atoms. The van der Waals surface area contributed by atoms with Crippen molar-refractivity contribution in [2.45, 2.75) is 13.3 Å². The van der Waals surface area contributed by atoms with Crippen LogP contribution < -0.4 is 5.32 Å². The molecule has 0 unspecified atom stereocenters. The summed E-state index contributed by atoms with van der Waals surface area (Å²) in [6.07, 6.45) is 0.756. The van der Waals surface area contributed by atoms with E-state index in [9.17, 15) is 9.59 Å². The summed E-state index contributed by atoms with van der Waals surface area (Å²) in [5, 5.41) is 7.69. The Morgan fingerprint density at radius 1 is 0.879 bits per heavy atom. The largest absolute Gasteiger partial charge is 0.329 e. The molecule has 0 fully saturated rings. The van der Waals surface area contributed by atoms with Crippen molar-refractivity contribution in [1.82, 2.24) is 14.7 Å². The fourth-order valence-corrected chi connectivity index (χ4v) is 3.63. The molecule has 0 atom stereocenters. The Balaban J connectivity index is 1.58. The van der Waals surface area contributed by atoms with Gasteiger partial charge in [0.15, 0.2) is 0 Å². The molecule has 0 saturated carbocycles. The maximum Gasteiger partial charge on any atom is 0.254 e. The van der Waals surface area contributed by atoms with Crippen molar-refractivity contribution in [2.24, 2.45) is 0 Å². The smallest absolute Gasteiger partial charge is 0.254 e. The zero-order valence-corrected chi connectivity index (χ0v) is 18.5. The van der Waals surface area contributed by atoms with Crippen LogP contribution in [0.2, 0.25) is 0 Å². The zero-order chi connectivity index (χ0) is 23.0. The second kappa shape index (κ2) is 10.4. The number of nitrogens with zero attached hydrogens (tertiary/aromatic N) is 3. The van der Waals surface area contributed by atoms with E-state index in [-0.39, 0.29) is 18.4 Å². The Morgan fingerprint density at radius 2 is 1.48 bits per heavy atom. The molecule has 0 aliphatic rings. The van der Waals surface area contributed by atoms with Crippen LogP contribution in [-0.2, 0) is 4.79 Å². The van der Waals surface area contributed by atoms with Crippen LogP contribution in [0.25, 0.3) is 16.9 Å². The van der Waals surface area contributed by atoms with Gasteiger partial charge in [0.2, 0.25) is 5.91 Å². The Hall–Kier alpha value is -4.19. The van der Waals surface area contributed by atoms with Gasteiger partial charge in [0.05, 0.1) is 11.4 Å². The maximum atomic E-state index is 13.0. The molecule has 0 radical (unpaired) electrons. The minimum absolute atomic E-state index is 0.0395. The van der Waals surface area contributed by atoms with E-state index in [1.165, 1.54) is 0 Å². The first-order chi connectivity index (χ1) is 16.2. The molecule has 2 amide bonds. The predicted octanol–water partition coefficient (Wildman–Crippen LogP) is 5.03. The summed E-state index contributed by atoms with van der Waals surface area (Å²) in [5.74, 6) is 0.118. The Labute approximate surface area is 193 Å². The molecule has 4 rings (SSSR count). The highest BCUT2D eigenvalue weighted by atomic mass is 16.2. The van der Waals surface area contributed by atoms with Crippen molar-refractivity contribution in [3.05, 3.63) is 103 Å². The number of nitrogens with one attached hydrogen (secondary N) is 1. The number of hydrogen-bond acceptors (Lipinski definition) is 3. The van der Waals surface area contributed by atoms with E-state index in [4.69, 9.17) is 5.10 Å². The second-order valence-corrected chi connectivity index (χ2v) is 7.67. The highest BCUT2D eigenvalue weighted by molar-refractivity contribution is 5.99. The van der Waals surface area contributed by atoms with Crippen LogP contribution >= 0.6 is 0 Å². The fourth-order valence-electron chi connectivity index (χ4n) is 3.63. The third-order valence-corrected chi connectivity index (χ3v) is 5.18. The normalized spacial score (nSPS) is 10.6. The molecule has 4 aromatic rings. The first-order valence-corrected chi connectivity index (χ1v) is 11.0. The standard InChI is InChI=1S/C27H26N4O2/c1-2-18-30(27(33)22-14-8-4-9-15-22)20-26(32)28-25-19-24(21-12-6-3-7-13-21)29-31(25)23-16-10-5-11-17-23/h3-17,19H,2,18,20H2,1H3,(H,28,32). The Kier molecular flexibility index (Phi) is 6.95. The van der Waals surface area contributed by atoms with Gasteiger partial charge in [0.1, 0.15) is 12.4 Å². The van der Waals surface area contributed by atoms with Gasteiger partial charge < -0.3 is 10.2 Å². The zero-order valence-electron chi connectivity index (χ0n) is 18.5. The first kappa shape index (κ1) is 22.0. The SMILES string of the molecule is CCCN(CC(=O)Nc1cc(-c2ccccc2)nn1-c1ccccc1)C(=O)c1ccccc1. The number of hydrogen-bond donors (Lipinski definition) is 1. The molecule has 0 spiro atoms. The molecule has 1 heterocycles. The quantitative estimate of drug-likeness (QED) is 0.420. The molecule has 166 valence electrons. The minimum Gasteiger partial charge on any atom is -0.329 e. The van der Waals surface area contributed by atoms with Gasteiger partial charge in [0, 0.05) is 23.7 Å². The molecule has 1 N–H and O–H groups in total. The third-order valence-electron chi connectivity index (χ3n) is 5.18. The van der Waals surface area contributed by atoms with Crippen molar-refractivity contribution >= 4 is 17.6 Å². The van der Waals surface area contributed by atoms with Gasteiger partial charge in [-0.05, 0) is 30.7 Å². The number of carbonyl (C=O) groups excluding carboxylic acids is 2. The lowest BCUT2D eigenvalue weighted by molar-refractivity contribution is -0.116. The van der Waals surface area contributed by atoms with Crippen LogP contribution in [0.1, 0.15) is 23.7 Å². The number of carbonyl (C=O) groups is 2. The third kappa shape index (κ3) is 5.36. The van der Waals surface area contributed by atoms with Crippen molar-refractivity contribution in [3.63, 3.8) is 0 Å². The molecular weight excluding hydrogens is 412 g/mol. The van der Waals surface area contributed by atoms with E-state index in [0.717, 1.165) is 23.4 Å².